The van der Waals surface area contributed by atoms with Crippen LogP contribution in [0.1, 0.15) is 0 Å². The molecule has 90 valence electrons. The van der Waals surface area contributed by atoms with E-state index in [0.29, 0.717) is 6.67 Å². The summed E-state index contributed by atoms with van der Waals surface area (Å²) in [6, 6.07) is 12.3. The third-order valence-electron chi connectivity index (χ3n) is 2.80. The molecule has 0 aromatic heterocycles. The monoisotopic (exact) mass is 231 g/mol. The van der Waals surface area contributed by atoms with Crippen LogP contribution in [0.4, 0.5) is 5.69 Å². The first-order valence-corrected chi connectivity index (χ1v) is 5.47. The number of ether oxygens (including phenoxy) is 1. The molecule has 0 atom stereocenters. The summed E-state index contributed by atoms with van der Waals surface area (Å²) >= 11 is 0. The molecule has 0 aliphatic rings. The van der Waals surface area contributed by atoms with E-state index in [1.165, 1.54) is 10.8 Å². The quantitative estimate of drug-likeness (QED) is 0.478. The van der Waals surface area contributed by atoms with Gasteiger partial charge in [-0.3, -0.25) is 5.84 Å². The Morgan fingerprint density at radius 3 is 2.59 bits per heavy atom. The number of rotatable bonds is 4. The fourth-order valence-corrected chi connectivity index (χ4v) is 1.80. The van der Waals surface area contributed by atoms with Gasteiger partial charge in [-0.2, -0.15) is 0 Å². The summed E-state index contributed by atoms with van der Waals surface area (Å²) < 4.78 is 5.20. The van der Waals surface area contributed by atoms with Crippen molar-refractivity contribution in [2.24, 2.45) is 5.84 Å². The van der Waals surface area contributed by atoms with Crippen LogP contribution in [0.25, 0.3) is 10.8 Å². The molecule has 0 amide bonds. The number of nitrogens with zero attached hydrogens (tertiary/aromatic N) is 1. The Hall–Kier alpha value is -1.78. The lowest BCUT2D eigenvalue weighted by Gasteiger charge is -2.18. The number of anilines is 1. The van der Waals surface area contributed by atoms with Gasteiger partial charge in [-0.05, 0) is 35.0 Å². The highest BCUT2D eigenvalue weighted by molar-refractivity contribution is 5.87. The fraction of sp³-hybridized carbons (Fsp3) is 0.231. The molecule has 0 aliphatic heterocycles. The molecule has 17 heavy (non-hydrogen) atoms. The Kier molecular flexibility index (Phi) is 3.46. The van der Waals surface area contributed by atoms with Crippen molar-refractivity contribution < 1.29 is 4.74 Å². The fourth-order valence-electron chi connectivity index (χ4n) is 1.80. The van der Waals surface area contributed by atoms with Crippen molar-refractivity contribution in [3.8, 4) is 5.75 Å². The van der Waals surface area contributed by atoms with Crippen molar-refractivity contribution in [3.05, 3.63) is 36.4 Å². The molecule has 0 spiro atoms. The topological polar surface area (TPSA) is 50.5 Å². The predicted octanol–water partition coefficient (Wildman–Crippen LogP) is 1.71. The zero-order valence-corrected chi connectivity index (χ0v) is 10.1. The Balaban J connectivity index is 2.37. The maximum absolute atomic E-state index is 5.31. The number of hydrazine groups is 1. The summed E-state index contributed by atoms with van der Waals surface area (Å²) in [5.74, 6) is 6.19. The molecule has 0 saturated carbocycles. The summed E-state index contributed by atoms with van der Waals surface area (Å²) in [6.45, 7) is 0.613. The van der Waals surface area contributed by atoms with Gasteiger partial charge < -0.3 is 9.64 Å². The average Bonchev–Trinajstić information content (AvgIpc) is 2.37. The lowest BCUT2D eigenvalue weighted by Crippen LogP contribution is -2.35. The van der Waals surface area contributed by atoms with Gasteiger partial charge in [-0.25, -0.2) is 5.43 Å². The molecule has 0 bridgehead atoms. The summed E-state index contributed by atoms with van der Waals surface area (Å²) in [5, 5.41) is 2.36. The Bertz CT molecular complexity index is 513. The maximum atomic E-state index is 5.31. The number of hydrogen-bond donors (Lipinski definition) is 2. The first-order chi connectivity index (χ1) is 8.24. The highest BCUT2D eigenvalue weighted by Crippen LogP contribution is 2.24. The van der Waals surface area contributed by atoms with E-state index < -0.39 is 0 Å². The van der Waals surface area contributed by atoms with Crippen LogP contribution in [0, 0.1) is 0 Å². The first-order valence-electron chi connectivity index (χ1n) is 5.47. The van der Waals surface area contributed by atoms with E-state index in [2.05, 4.69) is 29.7 Å². The number of methoxy groups -OCH3 is 1. The second kappa shape index (κ2) is 5.03. The van der Waals surface area contributed by atoms with Gasteiger partial charge in [-0.1, -0.05) is 12.1 Å². The minimum absolute atomic E-state index is 0.613. The standard InChI is InChI=1S/C13H17N3O/c1-16(9-15-14)12-5-3-11-8-13(17-2)6-4-10(11)7-12/h3-8,15H,9,14H2,1-2H3. The molecular formula is C13H17N3O. The summed E-state index contributed by atoms with van der Waals surface area (Å²) in [4.78, 5) is 2.05. The van der Waals surface area contributed by atoms with Crippen LogP contribution in [0.5, 0.6) is 5.75 Å². The second-order valence-electron chi connectivity index (χ2n) is 3.96. The van der Waals surface area contributed by atoms with Crippen LogP contribution in [-0.4, -0.2) is 20.8 Å². The van der Waals surface area contributed by atoms with Crippen LogP contribution in [0.15, 0.2) is 36.4 Å². The zero-order chi connectivity index (χ0) is 12.3. The van der Waals surface area contributed by atoms with Crippen molar-refractivity contribution in [1.82, 2.24) is 5.43 Å². The highest BCUT2D eigenvalue weighted by Gasteiger charge is 2.02. The zero-order valence-electron chi connectivity index (χ0n) is 10.1. The number of fused-ring (bicyclic) bond motifs is 1. The molecule has 2 aromatic rings. The molecule has 0 aliphatic carbocycles. The van der Waals surface area contributed by atoms with Crippen molar-refractivity contribution in [3.63, 3.8) is 0 Å². The number of nitrogens with two attached hydrogens (primary N) is 1. The van der Waals surface area contributed by atoms with E-state index in [1.54, 1.807) is 7.11 Å². The van der Waals surface area contributed by atoms with Crippen molar-refractivity contribution in [2.45, 2.75) is 0 Å². The van der Waals surface area contributed by atoms with Gasteiger partial charge in [0.1, 0.15) is 5.75 Å². The van der Waals surface area contributed by atoms with Gasteiger partial charge in [0.05, 0.1) is 13.8 Å². The molecule has 3 N–H and O–H groups in total. The van der Waals surface area contributed by atoms with Gasteiger partial charge in [-0.15, -0.1) is 0 Å². The van der Waals surface area contributed by atoms with E-state index in [1.807, 2.05) is 24.1 Å². The normalized spacial score (nSPS) is 10.5. The third kappa shape index (κ3) is 2.49. The second-order valence-corrected chi connectivity index (χ2v) is 3.96. The molecule has 0 heterocycles. The van der Waals surface area contributed by atoms with E-state index in [9.17, 15) is 0 Å². The number of nitrogens with one attached hydrogen (secondary N) is 1. The van der Waals surface area contributed by atoms with E-state index >= 15 is 0 Å². The minimum Gasteiger partial charge on any atom is -0.497 e. The van der Waals surface area contributed by atoms with Gasteiger partial charge in [0.25, 0.3) is 0 Å². The predicted molar refractivity (Wildman–Crippen MR) is 71.1 cm³/mol. The van der Waals surface area contributed by atoms with Crippen molar-refractivity contribution >= 4 is 16.5 Å². The van der Waals surface area contributed by atoms with Crippen LogP contribution in [0.3, 0.4) is 0 Å². The molecule has 4 heteroatoms. The van der Waals surface area contributed by atoms with Crippen LogP contribution in [0.2, 0.25) is 0 Å². The third-order valence-corrected chi connectivity index (χ3v) is 2.80. The smallest absolute Gasteiger partial charge is 0.119 e. The van der Waals surface area contributed by atoms with E-state index in [0.717, 1.165) is 11.4 Å². The van der Waals surface area contributed by atoms with Crippen LogP contribution >= 0.6 is 0 Å². The Morgan fingerprint density at radius 2 is 1.88 bits per heavy atom. The minimum atomic E-state index is 0.613. The molecular weight excluding hydrogens is 214 g/mol. The molecule has 2 rings (SSSR count). The Morgan fingerprint density at radius 1 is 1.18 bits per heavy atom. The van der Waals surface area contributed by atoms with Gasteiger partial charge in [0.2, 0.25) is 0 Å². The highest BCUT2D eigenvalue weighted by atomic mass is 16.5. The van der Waals surface area contributed by atoms with Gasteiger partial charge in [0, 0.05) is 12.7 Å². The lowest BCUT2D eigenvalue weighted by molar-refractivity contribution is 0.415. The van der Waals surface area contributed by atoms with Crippen molar-refractivity contribution in [1.29, 1.82) is 0 Å². The van der Waals surface area contributed by atoms with Crippen molar-refractivity contribution in [2.75, 3.05) is 25.7 Å². The SMILES string of the molecule is COc1ccc2cc(N(C)CNN)ccc2c1. The average molecular weight is 231 g/mol. The molecule has 0 radical (unpaired) electrons. The first kappa shape index (κ1) is 11.7. The Labute approximate surface area is 101 Å². The molecule has 4 nitrogen and oxygen atoms in total. The van der Waals surface area contributed by atoms with E-state index in [-0.39, 0.29) is 0 Å². The summed E-state index contributed by atoms with van der Waals surface area (Å²) in [7, 11) is 3.67. The van der Waals surface area contributed by atoms with Crippen LogP contribution in [-0.2, 0) is 0 Å². The molecule has 2 aromatic carbocycles. The summed E-state index contributed by atoms with van der Waals surface area (Å²) in [6.07, 6.45) is 0. The van der Waals surface area contributed by atoms with E-state index in [4.69, 9.17) is 10.6 Å². The lowest BCUT2D eigenvalue weighted by atomic mass is 10.1. The number of hydrogen-bond acceptors (Lipinski definition) is 4. The largest absolute Gasteiger partial charge is 0.497 e. The van der Waals surface area contributed by atoms with Gasteiger partial charge >= 0.3 is 0 Å². The van der Waals surface area contributed by atoms with Crippen LogP contribution < -0.4 is 20.9 Å². The molecule has 0 unspecified atom stereocenters. The molecule has 0 fully saturated rings. The van der Waals surface area contributed by atoms with Gasteiger partial charge in [0.15, 0.2) is 0 Å². The number of benzene rings is 2. The maximum Gasteiger partial charge on any atom is 0.119 e. The summed E-state index contributed by atoms with van der Waals surface area (Å²) in [5.41, 5.74) is 3.76. The molecule has 0 saturated heterocycles.